The molecule has 5 rings (SSSR count). The molecule has 0 aliphatic carbocycles. The van der Waals surface area contributed by atoms with Gasteiger partial charge in [0.05, 0.1) is 28.8 Å². The second-order valence-electron chi connectivity index (χ2n) is 9.10. The van der Waals surface area contributed by atoms with Gasteiger partial charge in [0.25, 0.3) is 10.0 Å². The molecule has 0 unspecified atom stereocenters. The molecule has 0 saturated heterocycles. The average molecular weight is 571 g/mol. The van der Waals surface area contributed by atoms with Crippen LogP contribution in [-0.4, -0.2) is 63.5 Å². The SMILES string of the molecule is CC.CCCN(CCC)S(=O)(=O)c1sc(Nc2nc(C3=CCCNC3)cn3c(-c4cn[nH]c4)cnc23)cc1C. The van der Waals surface area contributed by atoms with E-state index in [1.54, 1.807) is 16.7 Å². The summed E-state index contributed by atoms with van der Waals surface area (Å²) in [6.07, 6.45) is 12.1. The molecule has 0 amide bonds. The number of H-pyrrole nitrogens is 1. The number of imidazole rings is 1. The molecular weight excluding hydrogens is 532 g/mol. The fourth-order valence-corrected chi connectivity index (χ4v) is 7.89. The number of thiophene rings is 1. The summed E-state index contributed by atoms with van der Waals surface area (Å²) >= 11 is 1.24. The molecule has 1 aliphatic heterocycles. The van der Waals surface area contributed by atoms with E-state index in [4.69, 9.17) is 4.98 Å². The zero-order chi connectivity index (χ0) is 28.0. The first-order valence-electron chi connectivity index (χ1n) is 13.6. The Morgan fingerprint density at radius 2 is 1.95 bits per heavy atom. The Bertz CT molecular complexity index is 1510. The molecule has 0 atom stereocenters. The largest absolute Gasteiger partial charge is 0.329 e. The Morgan fingerprint density at radius 1 is 1.18 bits per heavy atom. The van der Waals surface area contributed by atoms with Gasteiger partial charge in [0.15, 0.2) is 11.5 Å². The van der Waals surface area contributed by atoms with E-state index in [0.717, 1.165) is 60.4 Å². The number of aromatic amines is 1. The number of sulfonamides is 1. The fraction of sp³-hybridized carbons (Fsp3) is 0.444. The van der Waals surface area contributed by atoms with E-state index in [2.05, 4.69) is 31.9 Å². The molecule has 210 valence electrons. The highest BCUT2D eigenvalue weighted by atomic mass is 32.2. The Hall–Kier alpha value is -3.06. The normalized spacial score (nSPS) is 13.8. The molecule has 1 aliphatic rings. The lowest BCUT2D eigenvalue weighted by Crippen LogP contribution is -2.32. The molecule has 39 heavy (non-hydrogen) atoms. The third-order valence-corrected chi connectivity index (χ3v) is 9.94. The minimum atomic E-state index is -3.58. The Balaban J connectivity index is 0.00000172. The van der Waals surface area contributed by atoms with Crippen LogP contribution in [0, 0.1) is 6.92 Å². The van der Waals surface area contributed by atoms with Gasteiger partial charge in [0.2, 0.25) is 0 Å². The van der Waals surface area contributed by atoms with Gasteiger partial charge in [-0.2, -0.15) is 9.40 Å². The van der Waals surface area contributed by atoms with Gasteiger partial charge in [-0.1, -0.05) is 33.8 Å². The third-order valence-electron chi connectivity index (χ3n) is 6.28. The van der Waals surface area contributed by atoms with Crippen molar-refractivity contribution < 1.29 is 8.42 Å². The molecule has 0 saturated carbocycles. The lowest BCUT2D eigenvalue weighted by atomic mass is 10.1. The summed E-state index contributed by atoms with van der Waals surface area (Å²) in [7, 11) is -3.58. The van der Waals surface area contributed by atoms with Crippen LogP contribution in [0.5, 0.6) is 0 Å². The highest BCUT2D eigenvalue weighted by molar-refractivity contribution is 7.91. The second kappa shape index (κ2) is 12.9. The van der Waals surface area contributed by atoms with Gasteiger partial charge in [-0.05, 0) is 49.9 Å². The third kappa shape index (κ3) is 6.08. The number of anilines is 2. The number of hydrogen-bond donors (Lipinski definition) is 3. The minimum absolute atomic E-state index is 0.366. The first-order chi connectivity index (χ1) is 18.9. The smallest absolute Gasteiger partial charge is 0.252 e. The van der Waals surface area contributed by atoms with E-state index in [1.807, 2.05) is 57.5 Å². The molecule has 0 fully saturated rings. The monoisotopic (exact) mass is 570 g/mol. The quantitative estimate of drug-likeness (QED) is 0.232. The van der Waals surface area contributed by atoms with E-state index >= 15 is 0 Å². The lowest BCUT2D eigenvalue weighted by molar-refractivity contribution is 0.411. The molecule has 0 bridgehead atoms. The molecule has 4 aromatic rings. The Morgan fingerprint density at radius 3 is 2.59 bits per heavy atom. The predicted octanol–water partition coefficient (Wildman–Crippen LogP) is 5.45. The van der Waals surface area contributed by atoms with E-state index < -0.39 is 10.0 Å². The number of aryl methyl sites for hydroxylation is 1. The van der Waals surface area contributed by atoms with Crippen molar-refractivity contribution in [2.24, 2.45) is 0 Å². The fourth-order valence-electron chi connectivity index (χ4n) is 4.54. The maximum Gasteiger partial charge on any atom is 0.252 e. The summed E-state index contributed by atoms with van der Waals surface area (Å²) in [4.78, 5) is 9.58. The summed E-state index contributed by atoms with van der Waals surface area (Å²) < 4.78 is 30.9. The number of nitrogens with one attached hydrogen (secondary N) is 3. The van der Waals surface area contributed by atoms with E-state index in [1.165, 1.54) is 11.3 Å². The molecule has 0 aromatic carbocycles. The van der Waals surface area contributed by atoms with Gasteiger partial charge in [-0.3, -0.25) is 9.50 Å². The van der Waals surface area contributed by atoms with Crippen LogP contribution < -0.4 is 10.6 Å². The van der Waals surface area contributed by atoms with Gasteiger partial charge in [-0.25, -0.2) is 18.4 Å². The number of aromatic nitrogens is 5. The van der Waals surface area contributed by atoms with Crippen LogP contribution in [0.4, 0.5) is 10.8 Å². The topological polar surface area (TPSA) is 120 Å². The Kier molecular flexibility index (Phi) is 9.54. The van der Waals surface area contributed by atoms with E-state index in [9.17, 15) is 8.42 Å². The van der Waals surface area contributed by atoms with Crippen LogP contribution in [0.3, 0.4) is 0 Å². The minimum Gasteiger partial charge on any atom is -0.329 e. The van der Waals surface area contributed by atoms with Gasteiger partial charge < -0.3 is 10.6 Å². The maximum absolute atomic E-state index is 13.5. The van der Waals surface area contributed by atoms with Crippen LogP contribution >= 0.6 is 11.3 Å². The van der Waals surface area contributed by atoms with Crippen molar-refractivity contribution in [1.82, 2.24) is 34.2 Å². The molecule has 0 radical (unpaired) electrons. The van der Waals surface area contributed by atoms with Crippen molar-refractivity contribution in [3.8, 4) is 11.3 Å². The van der Waals surface area contributed by atoms with Crippen molar-refractivity contribution in [3.05, 3.63) is 48.2 Å². The summed E-state index contributed by atoms with van der Waals surface area (Å²) in [5.74, 6) is 0.572. The van der Waals surface area contributed by atoms with Crippen molar-refractivity contribution in [3.63, 3.8) is 0 Å². The number of rotatable bonds is 10. The maximum atomic E-state index is 13.5. The average Bonchev–Trinajstić information content (AvgIpc) is 3.70. The molecule has 0 spiro atoms. The van der Waals surface area contributed by atoms with Crippen molar-refractivity contribution in [1.29, 1.82) is 0 Å². The first kappa shape index (κ1) is 28.9. The number of hydrogen-bond acceptors (Lipinski definition) is 8. The van der Waals surface area contributed by atoms with Crippen molar-refractivity contribution in [2.75, 3.05) is 31.5 Å². The summed E-state index contributed by atoms with van der Waals surface area (Å²) in [5, 5.41) is 14.5. The highest BCUT2D eigenvalue weighted by Crippen LogP contribution is 2.36. The van der Waals surface area contributed by atoms with Crippen LogP contribution in [-0.2, 0) is 10.0 Å². The van der Waals surface area contributed by atoms with Crippen LogP contribution in [0.2, 0.25) is 0 Å². The zero-order valence-corrected chi connectivity index (χ0v) is 24.9. The van der Waals surface area contributed by atoms with Gasteiger partial charge in [0.1, 0.15) is 4.21 Å². The molecular formula is C27H38N8O2S2. The van der Waals surface area contributed by atoms with E-state index in [-0.39, 0.29) is 0 Å². The van der Waals surface area contributed by atoms with Crippen molar-refractivity contribution >= 4 is 43.4 Å². The summed E-state index contributed by atoms with van der Waals surface area (Å²) in [6, 6.07) is 1.87. The zero-order valence-electron chi connectivity index (χ0n) is 23.3. The molecule has 10 nitrogen and oxygen atoms in total. The standard InChI is InChI=1S/C25H32N8O2S2.C2H6/c1-4-9-32(10-5-2)37(34,35)25-17(3)11-22(36-25)31-23-24-27-15-21(19-13-28-29-14-19)33(24)16-20(30-23)18-7-6-8-26-12-18;1-2/h7,11,13-16,26H,4-6,8-10,12H2,1-3H3,(H,28,29)(H,30,31);1-2H3. The van der Waals surface area contributed by atoms with Crippen LogP contribution in [0.15, 0.2) is 41.1 Å². The van der Waals surface area contributed by atoms with E-state index in [0.29, 0.717) is 33.8 Å². The van der Waals surface area contributed by atoms with Crippen LogP contribution in [0.1, 0.15) is 58.2 Å². The van der Waals surface area contributed by atoms with Crippen LogP contribution in [0.25, 0.3) is 22.5 Å². The van der Waals surface area contributed by atoms with Gasteiger partial charge >= 0.3 is 0 Å². The first-order valence-corrected chi connectivity index (χ1v) is 15.8. The molecule has 4 aromatic heterocycles. The lowest BCUT2D eigenvalue weighted by Gasteiger charge is -2.20. The van der Waals surface area contributed by atoms with Gasteiger partial charge in [-0.15, -0.1) is 11.3 Å². The number of fused-ring (bicyclic) bond motifs is 1. The Labute approximate surface area is 234 Å². The number of nitrogens with zero attached hydrogens (tertiary/aromatic N) is 5. The molecule has 3 N–H and O–H groups in total. The molecule has 5 heterocycles. The van der Waals surface area contributed by atoms with Gasteiger partial charge in [0, 0.05) is 37.6 Å². The predicted molar refractivity (Wildman–Crippen MR) is 159 cm³/mol. The van der Waals surface area contributed by atoms with Crippen molar-refractivity contribution in [2.45, 2.75) is 58.1 Å². The molecule has 12 heteroatoms. The second-order valence-corrected chi connectivity index (χ2v) is 12.3. The highest BCUT2D eigenvalue weighted by Gasteiger charge is 2.28. The summed E-state index contributed by atoms with van der Waals surface area (Å²) in [6.45, 7) is 12.5. The summed E-state index contributed by atoms with van der Waals surface area (Å²) in [5.41, 5.74) is 5.13.